The number of rotatable bonds is 5. The topological polar surface area (TPSA) is 68.2 Å². The summed E-state index contributed by atoms with van der Waals surface area (Å²) in [7, 11) is 4.77. The lowest BCUT2D eigenvalue weighted by Gasteiger charge is -2.19. The average molecular weight is 357 g/mol. The first kappa shape index (κ1) is 17.9. The smallest absolute Gasteiger partial charge is 0.407 e. The van der Waals surface area contributed by atoms with Gasteiger partial charge in [0.1, 0.15) is 11.9 Å². The van der Waals surface area contributed by atoms with Crippen molar-refractivity contribution in [3.05, 3.63) is 41.5 Å². The van der Waals surface area contributed by atoms with Crippen LogP contribution in [0.25, 0.3) is 11.1 Å². The van der Waals surface area contributed by atoms with Gasteiger partial charge in [-0.3, -0.25) is 0 Å². The highest BCUT2D eigenvalue weighted by molar-refractivity contribution is 5.80. The van der Waals surface area contributed by atoms with Gasteiger partial charge in [0.2, 0.25) is 0 Å². The van der Waals surface area contributed by atoms with Crippen molar-refractivity contribution in [1.82, 2.24) is 4.90 Å². The van der Waals surface area contributed by atoms with E-state index in [0.717, 1.165) is 28.0 Å². The zero-order valence-corrected chi connectivity index (χ0v) is 15.4. The summed E-state index contributed by atoms with van der Waals surface area (Å²) in [5.74, 6) is 2.09. The van der Waals surface area contributed by atoms with Crippen molar-refractivity contribution in [1.29, 1.82) is 0 Å². The molecule has 1 N–H and O–H groups in total. The number of nitrogens with zero attached hydrogens (tertiary/aromatic N) is 1. The quantitative estimate of drug-likeness (QED) is 0.886. The predicted octanol–water partition coefficient (Wildman–Crippen LogP) is 3.59. The van der Waals surface area contributed by atoms with Gasteiger partial charge in [-0.2, -0.15) is 0 Å². The Morgan fingerprint density at radius 2 is 2.04 bits per heavy atom. The third kappa shape index (κ3) is 3.27. The summed E-state index contributed by atoms with van der Waals surface area (Å²) >= 11 is 0. The molecule has 1 heterocycles. The molecule has 0 bridgehead atoms. The van der Waals surface area contributed by atoms with E-state index >= 15 is 0 Å². The molecule has 0 aromatic heterocycles. The monoisotopic (exact) mass is 357 g/mol. The summed E-state index contributed by atoms with van der Waals surface area (Å²) in [5.41, 5.74) is 4.00. The molecule has 3 rings (SSSR count). The minimum absolute atomic E-state index is 0.205. The number of fused-ring (bicyclic) bond motifs is 1. The van der Waals surface area contributed by atoms with Crippen molar-refractivity contribution in [2.24, 2.45) is 0 Å². The van der Waals surface area contributed by atoms with E-state index in [4.69, 9.17) is 19.3 Å². The molecule has 2 aromatic rings. The third-order valence-corrected chi connectivity index (χ3v) is 4.54. The van der Waals surface area contributed by atoms with E-state index in [2.05, 4.69) is 12.1 Å². The number of hydrogen-bond donors (Lipinski definition) is 1. The second-order valence-corrected chi connectivity index (χ2v) is 6.45. The van der Waals surface area contributed by atoms with E-state index in [1.807, 2.05) is 25.1 Å². The highest BCUT2D eigenvalue weighted by Crippen LogP contribution is 2.45. The first-order valence-electron chi connectivity index (χ1n) is 8.40. The highest BCUT2D eigenvalue weighted by atomic mass is 16.5. The van der Waals surface area contributed by atoms with Crippen molar-refractivity contribution in [3.8, 4) is 28.4 Å². The lowest BCUT2D eigenvalue weighted by molar-refractivity contribution is 0.129. The molecule has 1 aliphatic rings. The Bertz CT molecular complexity index is 833. The van der Waals surface area contributed by atoms with Crippen molar-refractivity contribution in [2.75, 3.05) is 27.8 Å². The SMILES string of the molecule is COc1cccc(-c2cc(C)cc3c2OC(CN(C)C(=O)O)C3)c1OC. The van der Waals surface area contributed by atoms with E-state index in [1.165, 1.54) is 4.90 Å². The first-order valence-corrected chi connectivity index (χ1v) is 8.40. The molecule has 1 aliphatic heterocycles. The van der Waals surface area contributed by atoms with E-state index < -0.39 is 6.09 Å². The maximum atomic E-state index is 11.1. The first-order chi connectivity index (χ1) is 12.4. The van der Waals surface area contributed by atoms with Gasteiger partial charge in [0, 0.05) is 24.6 Å². The van der Waals surface area contributed by atoms with Gasteiger partial charge >= 0.3 is 6.09 Å². The van der Waals surface area contributed by atoms with Gasteiger partial charge in [-0.05, 0) is 30.2 Å². The van der Waals surface area contributed by atoms with E-state index in [-0.39, 0.29) is 6.10 Å². The molecule has 1 amide bonds. The van der Waals surface area contributed by atoms with Gasteiger partial charge in [0.25, 0.3) is 0 Å². The maximum Gasteiger partial charge on any atom is 0.407 e. The number of methoxy groups -OCH3 is 2. The predicted molar refractivity (Wildman–Crippen MR) is 98.5 cm³/mol. The number of ether oxygens (including phenoxy) is 3. The molecule has 0 saturated heterocycles. The molecule has 0 spiro atoms. The van der Waals surface area contributed by atoms with Crippen molar-refractivity contribution in [3.63, 3.8) is 0 Å². The standard InChI is InChI=1S/C20H23NO5/c1-12-8-13-10-14(11-21(2)20(22)23)26-18(13)16(9-12)15-6-5-7-17(24-3)19(15)25-4/h5-9,14H,10-11H2,1-4H3,(H,22,23). The summed E-state index contributed by atoms with van der Waals surface area (Å²) in [6, 6.07) is 9.88. The number of para-hydroxylation sites is 1. The average Bonchev–Trinajstić information content (AvgIpc) is 3.01. The molecule has 6 nitrogen and oxygen atoms in total. The van der Waals surface area contributed by atoms with E-state index in [0.29, 0.717) is 24.5 Å². The Morgan fingerprint density at radius 3 is 2.69 bits per heavy atom. The zero-order chi connectivity index (χ0) is 18.8. The van der Waals surface area contributed by atoms with Gasteiger partial charge in [-0.15, -0.1) is 0 Å². The lowest BCUT2D eigenvalue weighted by atomic mass is 9.97. The minimum Gasteiger partial charge on any atom is -0.493 e. The van der Waals surface area contributed by atoms with Crippen LogP contribution in [0, 0.1) is 6.92 Å². The van der Waals surface area contributed by atoms with Gasteiger partial charge in [-0.1, -0.05) is 18.2 Å². The summed E-state index contributed by atoms with van der Waals surface area (Å²) in [6.45, 7) is 2.35. The van der Waals surface area contributed by atoms with Crippen LogP contribution in [0.5, 0.6) is 17.2 Å². The molecule has 138 valence electrons. The number of carboxylic acid groups (broad SMARTS) is 1. The fourth-order valence-electron chi connectivity index (χ4n) is 3.38. The van der Waals surface area contributed by atoms with Crippen LogP contribution >= 0.6 is 0 Å². The van der Waals surface area contributed by atoms with Gasteiger partial charge in [0.05, 0.1) is 20.8 Å². The molecule has 6 heteroatoms. The second-order valence-electron chi connectivity index (χ2n) is 6.45. The molecule has 1 atom stereocenters. The molecular weight excluding hydrogens is 334 g/mol. The minimum atomic E-state index is -0.963. The summed E-state index contributed by atoms with van der Waals surface area (Å²) in [6.07, 6.45) is -0.493. The fourth-order valence-corrected chi connectivity index (χ4v) is 3.38. The van der Waals surface area contributed by atoms with Crippen LogP contribution in [0.3, 0.4) is 0 Å². The molecule has 0 aliphatic carbocycles. The Balaban J connectivity index is 2.02. The van der Waals surface area contributed by atoms with E-state index in [1.54, 1.807) is 21.3 Å². The van der Waals surface area contributed by atoms with Crippen molar-refractivity contribution in [2.45, 2.75) is 19.4 Å². The number of benzene rings is 2. The Kier molecular flexibility index (Phi) is 4.93. The third-order valence-electron chi connectivity index (χ3n) is 4.54. The molecular formula is C20H23NO5. The van der Waals surface area contributed by atoms with Crippen LogP contribution in [-0.2, 0) is 6.42 Å². The number of aryl methyl sites for hydroxylation is 1. The van der Waals surface area contributed by atoms with Crippen LogP contribution in [0.2, 0.25) is 0 Å². The molecule has 26 heavy (non-hydrogen) atoms. The Hall–Kier alpha value is -2.89. The molecule has 2 aromatic carbocycles. The van der Waals surface area contributed by atoms with E-state index in [9.17, 15) is 4.79 Å². The largest absolute Gasteiger partial charge is 0.493 e. The molecule has 0 saturated carbocycles. The van der Waals surface area contributed by atoms with Crippen LogP contribution in [-0.4, -0.2) is 50.0 Å². The van der Waals surface area contributed by atoms with Crippen LogP contribution in [0.15, 0.2) is 30.3 Å². The summed E-state index contributed by atoms with van der Waals surface area (Å²) in [4.78, 5) is 12.3. The molecule has 1 unspecified atom stereocenters. The normalized spacial score (nSPS) is 15.2. The van der Waals surface area contributed by atoms with Crippen LogP contribution in [0.4, 0.5) is 4.79 Å². The van der Waals surface area contributed by atoms with Crippen LogP contribution in [0.1, 0.15) is 11.1 Å². The van der Waals surface area contributed by atoms with Gasteiger partial charge < -0.3 is 24.2 Å². The summed E-state index contributed by atoms with van der Waals surface area (Å²) in [5, 5.41) is 9.10. The highest BCUT2D eigenvalue weighted by Gasteiger charge is 2.29. The van der Waals surface area contributed by atoms with Crippen molar-refractivity contribution < 1.29 is 24.1 Å². The molecule has 0 fully saturated rings. The molecule has 0 radical (unpaired) electrons. The van der Waals surface area contributed by atoms with Gasteiger partial charge in [-0.25, -0.2) is 4.79 Å². The lowest BCUT2D eigenvalue weighted by Crippen LogP contribution is -2.35. The second kappa shape index (κ2) is 7.15. The van der Waals surface area contributed by atoms with Crippen molar-refractivity contribution >= 4 is 6.09 Å². The fraction of sp³-hybridized carbons (Fsp3) is 0.350. The van der Waals surface area contributed by atoms with Gasteiger partial charge in [0.15, 0.2) is 11.5 Å². The number of carbonyl (C=O) groups is 1. The Morgan fingerprint density at radius 1 is 1.27 bits per heavy atom. The number of amides is 1. The van der Waals surface area contributed by atoms with Crippen LogP contribution < -0.4 is 14.2 Å². The number of hydrogen-bond acceptors (Lipinski definition) is 4. The Labute approximate surface area is 152 Å². The maximum absolute atomic E-state index is 11.1. The number of likely N-dealkylation sites (N-methyl/N-ethyl adjacent to an activating group) is 1. The summed E-state index contributed by atoms with van der Waals surface area (Å²) < 4.78 is 17.1. The zero-order valence-electron chi connectivity index (χ0n) is 15.4.